The molecular formula is C11H20N2O2. The van der Waals surface area contributed by atoms with Gasteiger partial charge in [0.2, 0.25) is 0 Å². The maximum Gasteiger partial charge on any atom is 0.129 e. The Morgan fingerprint density at radius 3 is 2.67 bits per heavy atom. The van der Waals surface area contributed by atoms with E-state index < -0.39 is 0 Å². The van der Waals surface area contributed by atoms with Gasteiger partial charge in [-0.3, -0.25) is 0 Å². The van der Waals surface area contributed by atoms with E-state index >= 15 is 0 Å². The lowest BCUT2D eigenvalue weighted by Gasteiger charge is -2.08. The molecule has 0 saturated heterocycles. The van der Waals surface area contributed by atoms with Gasteiger partial charge in [0, 0.05) is 0 Å². The molecule has 0 fully saturated rings. The highest BCUT2D eigenvalue weighted by Gasteiger charge is 1.99. The molecule has 0 unspecified atom stereocenters. The Bertz CT molecular complexity index is 271. The number of rotatable bonds is 7. The van der Waals surface area contributed by atoms with E-state index in [9.17, 15) is 0 Å². The summed E-state index contributed by atoms with van der Waals surface area (Å²) in [5.74, 6) is 1.50. The van der Waals surface area contributed by atoms with Crippen molar-refractivity contribution in [1.29, 1.82) is 0 Å². The zero-order valence-electron chi connectivity index (χ0n) is 9.49. The van der Waals surface area contributed by atoms with Crippen LogP contribution in [0, 0.1) is 0 Å². The second-order valence-electron chi connectivity index (χ2n) is 3.86. The van der Waals surface area contributed by atoms with Crippen molar-refractivity contribution in [3.8, 4) is 0 Å². The Hall–Kier alpha value is -0.840. The third-order valence-corrected chi connectivity index (χ3v) is 2.13. The minimum Gasteiger partial charge on any atom is -0.462 e. The molecule has 0 amide bonds. The third kappa shape index (κ3) is 4.97. The van der Waals surface area contributed by atoms with Crippen LogP contribution >= 0.6 is 0 Å². The Morgan fingerprint density at radius 1 is 1.33 bits per heavy atom. The van der Waals surface area contributed by atoms with E-state index in [-0.39, 0.29) is 6.61 Å². The maximum absolute atomic E-state index is 8.80. The van der Waals surface area contributed by atoms with Crippen molar-refractivity contribution in [2.24, 2.45) is 0 Å². The normalized spacial score (nSPS) is 11.2. The molecule has 15 heavy (non-hydrogen) atoms. The van der Waals surface area contributed by atoms with E-state index in [0.29, 0.717) is 5.76 Å². The van der Waals surface area contributed by atoms with Crippen LogP contribution in [0.15, 0.2) is 16.5 Å². The van der Waals surface area contributed by atoms with Gasteiger partial charge in [0.25, 0.3) is 0 Å². The molecule has 86 valence electrons. The molecule has 0 aliphatic heterocycles. The minimum atomic E-state index is -0.0272. The second kappa shape index (κ2) is 6.61. The standard InChI is InChI=1S/C11H20N2O2/c1-13(2)7-3-6-12-8-10-4-5-11(9-14)15-10/h4-5,12,14H,3,6-9H2,1-2H3. The zero-order valence-corrected chi connectivity index (χ0v) is 9.49. The van der Waals surface area contributed by atoms with E-state index in [2.05, 4.69) is 24.3 Å². The number of aliphatic hydroxyl groups excluding tert-OH is 1. The lowest BCUT2D eigenvalue weighted by molar-refractivity contribution is 0.242. The molecule has 2 N–H and O–H groups in total. The monoisotopic (exact) mass is 212 g/mol. The van der Waals surface area contributed by atoms with Crippen molar-refractivity contribution in [3.63, 3.8) is 0 Å². The molecule has 1 aromatic heterocycles. The molecule has 0 saturated carbocycles. The summed E-state index contributed by atoms with van der Waals surface area (Å²) < 4.78 is 5.34. The van der Waals surface area contributed by atoms with Gasteiger partial charge in [0.15, 0.2) is 0 Å². The SMILES string of the molecule is CN(C)CCCNCc1ccc(CO)o1. The van der Waals surface area contributed by atoms with E-state index in [1.165, 1.54) is 0 Å². The summed E-state index contributed by atoms with van der Waals surface area (Å²) >= 11 is 0. The number of nitrogens with zero attached hydrogens (tertiary/aromatic N) is 1. The summed E-state index contributed by atoms with van der Waals surface area (Å²) in [6.07, 6.45) is 1.13. The predicted molar refractivity (Wildman–Crippen MR) is 59.5 cm³/mol. The molecule has 0 spiro atoms. The molecule has 1 heterocycles. The highest BCUT2D eigenvalue weighted by atomic mass is 16.4. The van der Waals surface area contributed by atoms with Gasteiger partial charge in [-0.25, -0.2) is 0 Å². The molecule has 0 bridgehead atoms. The van der Waals surface area contributed by atoms with Crippen LogP contribution < -0.4 is 5.32 Å². The lowest BCUT2D eigenvalue weighted by Crippen LogP contribution is -2.20. The first-order chi connectivity index (χ1) is 7.22. The molecule has 0 aromatic carbocycles. The zero-order chi connectivity index (χ0) is 11.1. The average Bonchev–Trinajstić information content (AvgIpc) is 2.65. The number of aliphatic hydroxyl groups is 1. The van der Waals surface area contributed by atoms with Gasteiger partial charge in [-0.1, -0.05) is 0 Å². The Balaban J connectivity index is 2.09. The van der Waals surface area contributed by atoms with Gasteiger partial charge in [-0.2, -0.15) is 0 Å². The number of hydrogen-bond donors (Lipinski definition) is 2. The molecule has 0 aliphatic carbocycles. The van der Waals surface area contributed by atoms with Crippen LogP contribution in [0.5, 0.6) is 0 Å². The smallest absolute Gasteiger partial charge is 0.129 e. The summed E-state index contributed by atoms with van der Waals surface area (Å²) in [5, 5.41) is 12.1. The van der Waals surface area contributed by atoms with Crippen molar-refractivity contribution >= 4 is 0 Å². The fourth-order valence-electron chi connectivity index (χ4n) is 1.33. The quantitative estimate of drug-likeness (QED) is 0.657. The van der Waals surface area contributed by atoms with Gasteiger partial charge in [-0.15, -0.1) is 0 Å². The lowest BCUT2D eigenvalue weighted by atomic mass is 10.4. The summed E-state index contributed by atoms with van der Waals surface area (Å²) in [7, 11) is 4.14. The van der Waals surface area contributed by atoms with Crippen LogP contribution in [-0.2, 0) is 13.2 Å². The van der Waals surface area contributed by atoms with Gasteiger partial charge in [-0.05, 0) is 45.7 Å². The van der Waals surface area contributed by atoms with Crippen LogP contribution in [0.1, 0.15) is 17.9 Å². The highest BCUT2D eigenvalue weighted by Crippen LogP contribution is 2.06. The Kier molecular flexibility index (Phi) is 5.39. The van der Waals surface area contributed by atoms with E-state index in [1.807, 2.05) is 6.07 Å². The minimum absolute atomic E-state index is 0.0272. The fourth-order valence-corrected chi connectivity index (χ4v) is 1.33. The van der Waals surface area contributed by atoms with E-state index in [4.69, 9.17) is 9.52 Å². The van der Waals surface area contributed by atoms with Crippen molar-refractivity contribution in [2.45, 2.75) is 19.6 Å². The maximum atomic E-state index is 8.80. The molecule has 1 rings (SSSR count). The summed E-state index contributed by atoms with van der Waals surface area (Å²) in [6, 6.07) is 3.70. The van der Waals surface area contributed by atoms with Crippen LogP contribution in [0.25, 0.3) is 0 Å². The van der Waals surface area contributed by atoms with Gasteiger partial charge >= 0.3 is 0 Å². The highest BCUT2D eigenvalue weighted by molar-refractivity contribution is 5.05. The topological polar surface area (TPSA) is 48.6 Å². The molecule has 1 aromatic rings. The Labute approximate surface area is 90.9 Å². The van der Waals surface area contributed by atoms with Crippen LogP contribution in [0.3, 0.4) is 0 Å². The third-order valence-electron chi connectivity index (χ3n) is 2.13. The second-order valence-corrected chi connectivity index (χ2v) is 3.86. The number of nitrogens with one attached hydrogen (secondary N) is 1. The Morgan fingerprint density at radius 2 is 2.07 bits per heavy atom. The van der Waals surface area contributed by atoms with Gasteiger partial charge < -0.3 is 19.7 Å². The van der Waals surface area contributed by atoms with E-state index in [0.717, 1.165) is 31.8 Å². The summed E-state index contributed by atoms with van der Waals surface area (Å²) in [6.45, 7) is 2.77. The first-order valence-corrected chi connectivity index (χ1v) is 5.26. The number of furan rings is 1. The van der Waals surface area contributed by atoms with Gasteiger partial charge in [0.05, 0.1) is 6.54 Å². The molecular weight excluding hydrogens is 192 g/mol. The van der Waals surface area contributed by atoms with Crippen LogP contribution in [-0.4, -0.2) is 37.2 Å². The van der Waals surface area contributed by atoms with E-state index in [1.54, 1.807) is 6.07 Å². The molecule has 4 heteroatoms. The molecule has 0 atom stereocenters. The van der Waals surface area contributed by atoms with Crippen LogP contribution in [0.4, 0.5) is 0 Å². The van der Waals surface area contributed by atoms with Gasteiger partial charge in [0.1, 0.15) is 18.1 Å². The molecule has 4 nitrogen and oxygen atoms in total. The van der Waals surface area contributed by atoms with Crippen molar-refractivity contribution in [2.75, 3.05) is 27.2 Å². The predicted octanol–water partition coefficient (Wildman–Crippen LogP) is 0.813. The van der Waals surface area contributed by atoms with Crippen LogP contribution in [0.2, 0.25) is 0 Å². The fraction of sp³-hybridized carbons (Fsp3) is 0.636. The molecule has 0 aliphatic rings. The first kappa shape index (κ1) is 12.2. The largest absolute Gasteiger partial charge is 0.462 e. The van der Waals surface area contributed by atoms with Crippen molar-refractivity contribution in [1.82, 2.24) is 10.2 Å². The molecule has 0 radical (unpaired) electrons. The summed E-state index contributed by atoms with van der Waals surface area (Å²) in [4.78, 5) is 2.17. The average molecular weight is 212 g/mol. The summed E-state index contributed by atoms with van der Waals surface area (Å²) in [5.41, 5.74) is 0. The van der Waals surface area contributed by atoms with Crippen molar-refractivity contribution < 1.29 is 9.52 Å². The first-order valence-electron chi connectivity index (χ1n) is 5.26. The van der Waals surface area contributed by atoms with Crippen molar-refractivity contribution in [3.05, 3.63) is 23.7 Å². The number of hydrogen-bond acceptors (Lipinski definition) is 4.